The lowest BCUT2D eigenvalue weighted by molar-refractivity contribution is -0.113. The molecule has 2 aliphatic heterocycles. The average Bonchev–Trinajstić information content (AvgIpc) is 2.95. The highest BCUT2D eigenvalue weighted by Crippen LogP contribution is 2.50. The van der Waals surface area contributed by atoms with E-state index in [2.05, 4.69) is 26.8 Å². The molecule has 0 bridgehead atoms. The van der Waals surface area contributed by atoms with Gasteiger partial charge in [0.1, 0.15) is 17.2 Å². The number of ether oxygens (including phenoxy) is 2. The lowest BCUT2D eigenvalue weighted by Gasteiger charge is -2.43. The summed E-state index contributed by atoms with van der Waals surface area (Å²) in [5, 5.41) is 0. The molecule has 5 heteroatoms. The number of anilines is 1. The van der Waals surface area contributed by atoms with Gasteiger partial charge in [0.25, 0.3) is 5.91 Å². The number of rotatable bonds is 5. The van der Waals surface area contributed by atoms with E-state index < -0.39 is 0 Å². The molecule has 0 radical (unpaired) electrons. The summed E-state index contributed by atoms with van der Waals surface area (Å²) in [6.45, 7) is 11.6. The van der Waals surface area contributed by atoms with Crippen molar-refractivity contribution in [2.24, 2.45) is 4.99 Å². The molecule has 2 heterocycles. The van der Waals surface area contributed by atoms with E-state index in [0.29, 0.717) is 24.8 Å². The minimum absolute atomic E-state index is 0.0410. The smallest absolute Gasteiger partial charge is 0.278 e. The molecule has 0 saturated heterocycles. The summed E-state index contributed by atoms with van der Waals surface area (Å²) >= 11 is 0. The van der Waals surface area contributed by atoms with Crippen molar-refractivity contribution in [1.82, 2.24) is 0 Å². The summed E-state index contributed by atoms with van der Waals surface area (Å²) in [5.41, 5.74) is 3.97. The summed E-state index contributed by atoms with van der Waals surface area (Å²) in [6, 6.07) is 11.6. The van der Waals surface area contributed by atoms with Crippen molar-refractivity contribution in [3.05, 3.63) is 47.5 Å². The third-order valence-electron chi connectivity index (χ3n) is 5.64. The van der Waals surface area contributed by atoms with Crippen LogP contribution in [-0.4, -0.2) is 30.4 Å². The van der Waals surface area contributed by atoms with Crippen LogP contribution in [0.15, 0.2) is 41.4 Å². The van der Waals surface area contributed by atoms with Gasteiger partial charge >= 0.3 is 0 Å². The van der Waals surface area contributed by atoms with E-state index in [1.807, 2.05) is 49.1 Å². The summed E-state index contributed by atoms with van der Waals surface area (Å²) < 4.78 is 11.3. The van der Waals surface area contributed by atoms with Crippen LogP contribution in [0.25, 0.3) is 0 Å². The highest BCUT2D eigenvalue weighted by molar-refractivity contribution is 6.55. The maximum Gasteiger partial charge on any atom is 0.278 e. The van der Waals surface area contributed by atoms with Gasteiger partial charge in [-0.05, 0) is 82.0 Å². The van der Waals surface area contributed by atoms with Crippen molar-refractivity contribution in [2.75, 3.05) is 18.1 Å². The summed E-state index contributed by atoms with van der Waals surface area (Å²) in [4.78, 5) is 20.2. The van der Waals surface area contributed by atoms with E-state index in [-0.39, 0.29) is 11.4 Å². The number of carbonyl (C=O) groups is 1. The first-order valence-corrected chi connectivity index (χ1v) is 10.3. The Bertz CT molecular complexity index is 976. The quantitative estimate of drug-likeness (QED) is 0.699. The predicted octanol–water partition coefficient (Wildman–Crippen LogP) is 5.24. The Labute approximate surface area is 172 Å². The van der Waals surface area contributed by atoms with Crippen molar-refractivity contribution in [1.29, 1.82) is 0 Å². The van der Waals surface area contributed by atoms with Crippen LogP contribution in [-0.2, 0) is 4.79 Å². The fourth-order valence-corrected chi connectivity index (χ4v) is 4.56. The Morgan fingerprint density at radius 1 is 1.07 bits per heavy atom. The van der Waals surface area contributed by atoms with Crippen molar-refractivity contribution < 1.29 is 14.3 Å². The van der Waals surface area contributed by atoms with Gasteiger partial charge < -0.3 is 14.4 Å². The SMILES string of the molecule is CCOc1ccc(N=C2C(=O)N3c4c2cc(OCC)cc4[C@@H](C)CC3(C)C)cc1. The first kappa shape index (κ1) is 19.5. The molecule has 2 aliphatic rings. The summed E-state index contributed by atoms with van der Waals surface area (Å²) in [7, 11) is 0. The van der Waals surface area contributed by atoms with Gasteiger partial charge in [0.2, 0.25) is 0 Å². The molecule has 0 unspecified atom stereocenters. The van der Waals surface area contributed by atoms with E-state index in [9.17, 15) is 4.79 Å². The molecule has 5 nitrogen and oxygen atoms in total. The van der Waals surface area contributed by atoms with Crippen molar-refractivity contribution in [3.63, 3.8) is 0 Å². The third kappa shape index (κ3) is 3.28. The second kappa shape index (κ2) is 7.21. The minimum Gasteiger partial charge on any atom is -0.494 e. The molecule has 0 fully saturated rings. The standard InChI is InChI=1S/C24H28N2O3/c1-6-28-17-10-8-16(9-11-17)25-21-20-13-18(29-7-2)12-19-15(3)14-24(4,5)26(22(19)20)23(21)27/h8-13,15H,6-7,14H2,1-5H3/t15-/m0/s1. The third-order valence-corrected chi connectivity index (χ3v) is 5.64. The molecule has 2 aromatic rings. The molecule has 0 saturated carbocycles. The zero-order chi connectivity index (χ0) is 20.8. The number of nitrogens with zero attached hydrogens (tertiary/aromatic N) is 2. The number of carbonyl (C=O) groups excluding carboxylic acids is 1. The molecular formula is C24H28N2O3. The van der Waals surface area contributed by atoms with Gasteiger partial charge in [-0.1, -0.05) is 6.92 Å². The fourth-order valence-electron chi connectivity index (χ4n) is 4.56. The molecule has 0 N–H and O–H groups in total. The largest absolute Gasteiger partial charge is 0.494 e. The van der Waals surface area contributed by atoms with Gasteiger partial charge in [0.05, 0.1) is 24.6 Å². The van der Waals surface area contributed by atoms with E-state index >= 15 is 0 Å². The zero-order valence-corrected chi connectivity index (χ0v) is 17.8. The Morgan fingerprint density at radius 2 is 1.72 bits per heavy atom. The van der Waals surface area contributed by atoms with Gasteiger partial charge in [0, 0.05) is 11.1 Å². The molecule has 1 atom stereocenters. The maximum atomic E-state index is 13.5. The molecule has 0 aliphatic carbocycles. The first-order valence-electron chi connectivity index (χ1n) is 10.3. The molecule has 2 aromatic carbocycles. The van der Waals surface area contributed by atoms with Crippen molar-refractivity contribution in [2.45, 2.75) is 52.5 Å². The van der Waals surface area contributed by atoms with Crippen LogP contribution < -0.4 is 14.4 Å². The number of hydrogen-bond acceptors (Lipinski definition) is 4. The predicted molar refractivity (Wildman–Crippen MR) is 116 cm³/mol. The van der Waals surface area contributed by atoms with Crippen LogP contribution in [0, 0.1) is 0 Å². The average molecular weight is 392 g/mol. The number of hydrogen-bond donors (Lipinski definition) is 0. The normalized spacial score (nSPS) is 20.7. The molecule has 29 heavy (non-hydrogen) atoms. The van der Waals surface area contributed by atoms with Crippen LogP contribution in [0.3, 0.4) is 0 Å². The highest BCUT2D eigenvalue weighted by atomic mass is 16.5. The lowest BCUT2D eigenvalue weighted by atomic mass is 9.80. The topological polar surface area (TPSA) is 51.1 Å². The van der Waals surface area contributed by atoms with Gasteiger partial charge in [-0.25, -0.2) is 4.99 Å². The van der Waals surface area contributed by atoms with E-state index in [0.717, 1.165) is 40.4 Å². The zero-order valence-electron chi connectivity index (χ0n) is 17.8. The summed E-state index contributed by atoms with van der Waals surface area (Å²) in [5.74, 6) is 1.89. The van der Waals surface area contributed by atoms with Gasteiger partial charge in [0.15, 0.2) is 0 Å². The Morgan fingerprint density at radius 3 is 2.38 bits per heavy atom. The minimum atomic E-state index is -0.262. The van der Waals surface area contributed by atoms with Crippen molar-refractivity contribution >= 4 is 23.0 Å². The summed E-state index contributed by atoms with van der Waals surface area (Å²) in [6.07, 6.45) is 0.900. The second-order valence-electron chi connectivity index (χ2n) is 8.29. The van der Waals surface area contributed by atoms with Gasteiger partial charge in [-0.15, -0.1) is 0 Å². The van der Waals surface area contributed by atoms with Crippen LogP contribution in [0.1, 0.15) is 58.1 Å². The molecular weight excluding hydrogens is 364 g/mol. The van der Waals surface area contributed by atoms with E-state index in [1.54, 1.807) is 0 Å². The molecule has 152 valence electrons. The lowest BCUT2D eigenvalue weighted by Crippen LogP contribution is -2.50. The van der Waals surface area contributed by atoms with Gasteiger partial charge in [-0.3, -0.25) is 4.79 Å². The number of aliphatic imine (C=N–C) groups is 1. The van der Waals surface area contributed by atoms with E-state index in [1.165, 1.54) is 0 Å². The molecule has 1 amide bonds. The number of benzene rings is 2. The Hall–Kier alpha value is -2.82. The first-order chi connectivity index (χ1) is 13.9. The van der Waals surface area contributed by atoms with Crippen molar-refractivity contribution in [3.8, 4) is 11.5 Å². The van der Waals surface area contributed by atoms with Crippen LogP contribution in [0.4, 0.5) is 11.4 Å². The highest BCUT2D eigenvalue weighted by Gasteiger charge is 2.48. The molecule has 0 spiro atoms. The molecule has 4 rings (SSSR count). The Kier molecular flexibility index (Phi) is 4.85. The van der Waals surface area contributed by atoms with E-state index in [4.69, 9.17) is 14.5 Å². The monoisotopic (exact) mass is 392 g/mol. The number of amides is 1. The molecule has 0 aromatic heterocycles. The van der Waals surface area contributed by atoms with Crippen LogP contribution in [0.2, 0.25) is 0 Å². The van der Waals surface area contributed by atoms with Crippen LogP contribution >= 0.6 is 0 Å². The van der Waals surface area contributed by atoms with Crippen LogP contribution in [0.5, 0.6) is 11.5 Å². The Balaban J connectivity index is 1.86. The van der Waals surface area contributed by atoms with Gasteiger partial charge in [-0.2, -0.15) is 0 Å². The second-order valence-corrected chi connectivity index (χ2v) is 8.29. The fraction of sp³-hybridized carbons (Fsp3) is 0.417. The maximum absolute atomic E-state index is 13.5.